The molecule has 0 saturated heterocycles. The number of benzene rings is 1. The van der Waals surface area contributed by atoms with E-state index >= 15 is 0 Å². The summed E-state index contributed by atoms with van der Waals surface area (Å²) in [7, 11) is 0. The van der Waals surface area contributed by atoms with Crippen molar-refractivity contribution in [3.8, 4) is 0 Å². The molecule has 132 valence electrons. The topological polar surface area (TPSA) is 58.3 Å². The second kappa shape index (κ2) is 6.41. The van der Waals surface area contributed by atoms with E-state index < -0.39 is 5.92 Å². The summed E-state index contributed by atoms with van der Waals surface area (Å²) >= 11 is 0. The van der Waals surface area contributed by atoms with Crippen molar-refractivity contribution < 1.29 is 18.3 Å². The van der Waals surface area contributed by atoms with Crippen molar-refractivity contribution in [1.29, 1.82) is 0 Å². The molecule has 0 amide bonds. The Balaban J connectivity index is 1.93. The molecule has 2 atom stereocenters. The maximum Gasteiger partial charge on any atom is 0.274 e. The van der Waals surface area contributed by atoms with Crippen molar-refractivity contribution in [2.75, 3.05) is 0 Å². The fourth-order valence-corrected chi connectivity index (χ4v) is 3.21. The minimum atomic E-state index is -3.01. The first kappa shape index (κ1) is 17.3. The van der Waals surface area contributed by atoms with E-state index in [-0.39, 0.29) is 29.2 Å². The zero-order chi connectivity index (χ0) is 17.5. The molecule has 1 saturated carbocycles. The smallest absolute Gasteiger partial charge is 0.274 e. The first-order valence-electron chi connectivity index (χ1n) is 8.49. The number of rotatable bonds is 5. The van der Waals surface area contributed by atoms with Gasteiger partial charge < -0.3 is 14.8 Å². The molecule has 1 aromatic heterocycles. The van der Waals surface area contributed by atoms with Crippen molar-refractivity contribution in [3.63, 3.8) is 0 Å². The third kappa shape index (κ3) is 3.44. The second-order valence-electron chi connectivity index (χ2n) is 7.07. The molecule has 4 nitrogen and oxygen atoms in total. The second-order valence-corrected chi connectivity index (χ2v) is 7.07. The van der Waals surface area contributed by atoms with E-state index in [0.717, 1.165) is 31.7 Å². The van der Waals surface area contributed by atoms with Gasteiger partial charge in [0.05, 0.1) is 11.7 Å². The van der Waals surface area contributed by atoms with Gasteiger partial charge in [-0.05, 0) is 37.0 Å². The fourth-order valence-electron chi connectivity index (χ4n) is 3.21. The predicted molar refractivity (Wildman–Crippen MR) is 88.2 cm³/mol. The Labute approximate surface area is 140 Å². The molecule has 0 spiro atoms. The fraction of sp³-hybridized carbons (Fsp3) is 0.611. The first-order valence-corrected chi connectivity index (χ1v) is 8.49. The lowest BCUT2D eigenvalue weighted by Crippen LogP contribution is -2.35. The summed E-state index contributed by atoms with van der Waals surface area (Å²) in [5.74, 6) is -2.51. The maximum atomic E-state index is 14.0. The molecular weight excluding hydrogens is 314 g/mol. The number of alkyl halides is 2. The Kier molecular flexibility index (Phi) is 4.62. The number of hydrogen-bond acceptors (Lipinski definition) is 4. The lowest BCUT2D eigenvalue weighted by atomic mass is 10.0. The minimum absolute atomic E-state index is 0.0230. The van der Waals surface area contributed by atoms with Crippen molar-refractivity contribution >= 4 is 11.1 Å². The van der Waals surface area contributed by atoms with Gasteiger partial charge in [0.1, 0.15) is 5.52 Å². The number of aliphatic hydroxyl groups is 1. The molecule has 3 rings (SSSR count). The number of fused-ring (bicyclic) bond motifs is 1. The Hall–Kier alpha value is -1.53. The van der Waals surface area contributed by atoms with Gasteiger partial charge >= 0.3 is 0 Å². The van der Waals surface area contributed by atoms with E-state index in [1.54, 1.807) is 6.07 Å². The van der Waals surface area contributed by atoms with E-state index in [1.807, 2.05) is 13.8 Å². The third-order valence-corrected chi connectivity index (χ3v) is 4.58. The predicted octanol–water partition coefficient (Wildman–Crippen LogP) is 4.07. The number of aliphatic hydroxyl groups excluding tert-OH is 1. The average molecular weight is 338 g/mol. The number of hydrogen-bond donors (Lipinski definition) is 2. The Morgan fingerprint density at radius 3 is 2.71 bits per heavy atom. The average Bonchev–Trinajstić information content (AvgIpc) is 3.09. The van der Waals surface area contributed by atoms with E-state index in [1.165, 1.54) is 6.07 Å². The molecule has 0 aliphatic heterocycles. The summed E-state index contributed by atoms with van der Waals surface area (Å²) in [6, 6.07) is 3.29. The van der Waals surface area contributed by atoms with Crippen LogP contribution in [0.1, 0.15) is 63.0 Å². The van der Waals surface area contributed by atoms with Crippen LogP contribution in [0.4, 0.5) is 8.78 Å². The molecule has 1 aliphatic rings. The van der Waals surface area contributed by atoms with Gasteiger partial charge in [-0.2, -0.15) is 0 Å². The van der Waals surface area contributed by atoms with E-state index in [4.69, 9.17) is 4.42 Å². The van der Waals surface area contributed by atoms with Crippen LogP contribution in [-0.2, 0) is 12.5 Å². The Bertz CT molecular complexity index is 722. The van der Waals surface area contributed by atoms with Crippen LogP contribution in [0.2, 0.25) is 0 Å². The van der Waals surface area contributed by atoms with Crippen LogP contribution in [0, 0.1) is 0 Å². The van der Waals surface area contributed by atoms with E-state index in [2.05, 4.69) is 10.3 Å². The summed E-state index contributed by atoms with van der Waals surface area (Å²) in [6.07, 6.45) is 2.31. The highest BCUT2D eigenvalue weighted by atomic mass is 19.3. The standard InChI is InChI=1S/C18H24F2N2O2/c1-10(2)17-22-14-8-11(9-21-13-5-4-6-15(13)23)7-12(16(14)24-17)18(3,19)20/h7-8,10,13,15,21,23H,4-6,9H2,1-3H3/t13-,15-/m1/s1. The molecule has 1 aliphatic carbocycles. The molecule has 6 heteroatoms. The highest BCUT2D eigenvalue weighted by Gasteiger charge is 2.31. The molecule has 1 fully saturated rings. The minimum Gasteiger partial charge on any atom is -0.440 e. The molecule has 0 unspecified atom stereocenters. The summed E-state index contributed by atoms with van der Waals surface area (Å²) in [5, 5.41) is 13.1. The van der Waals surface area contributed by atoms with Gasteiger partial charge in [0.25, 0.3) is 5.92 Å². The SMILES string of the molecule is CC(C)c1nc2cc(CN[C@@H]3CCC[C@H]3O)cc(C(C)(F)F)c2o1. The Morgan fingerprint density at radius 1 is 1.38 bits per heavy atom. The summed E-state index contributed by atoms with van der Waals surface area (Å²) in [6.45, 7) is 5.12. The van der Waals surface area contributed by atoms with Gasteiger partial charge in [-0.3, -0.25) is 0 Å². The van der Waals surface area contributed by atoms with Gasteiger partial charge in [-0.15, -0.1) is 0 Å². The third-order valence-electron chi connectivity index (χ3n) is 4.58. The molecule has 24 heavy (non-hydrogen) atoms. The van der Waals surface area contributed by atoms with Crippen LogP contribution in [0.15, 0.2) is 16.5 Å². The zero-order valence-electron chi connectivity index (χ0n) is 14.3. The van der Waals surface area contributed by atoms with Gasteiger partial charge in [0.15, 0.2) is 11.5 Å². The summed E-state index contributed by atoms with van der Waals surface area (Å²) in [4.78, 5) is 4.36. The molecule has 1 aromatic carbocycles. The lowest BCUT2D eigenvalue weighted by Gasteiger charge is -2.17. The van der Waals surface area contributed by atoms with Crippen LogP contribution in [-0.4, -0.2) is 22.2 Å². The van der Waals surface area contributed by atoms with Gasteiger partial charge in [-0.25, -0.2) is 13.8 Å². The van der Waals surface area contributed by atoms with Gasteiger partial charge in [0.2, 0.25) is 0 Å². The van der Waals surface area contributed by atoms with Crippen molar-refractivity contribution in [1.82, 2.24) is 10.3 Å². The van der Waals surface area contributed by atoms with Crippen molar-refractivity contribution in [3.05, 3.63) is 29.2 Å². The van der Waals surface area contributed by atoms with Crippen molar-refractivity contribution in [2.24, 2.45) is 0 Å². The molecule has 0 bridgehead atoms. The van der Waals surface area contributed by atoms with E-state index in [0.29, 0.717) is 18.0 Å². The Morgan fingerprint density at radius 2 is 2.12 bits per heavy atom. The molecule has 0 radical (unpaired) electrons. The van der Waals surface area contributed by atoms with Crippen molar-refractivity contribution in [2.45, 2.75) is 70.6 Å². The normalized spacial score (nSPS) is 22.0. The largest absolute Gasteiger partial charge is 0.440 e. The van der Waals surface area contributed by atoms with Gasteiger partial charge in [-0.1, -0.05) is 13.8 Å². The summed E-state index contributed by atoms with van der Waals surface area (Å²) < 4.78 is 33.6. The lowest BCUT2D eigenvalue weighted by molar-refractivity contribution is 0.0180. The van der Waals surface area contributed by atoms with Crippen LogP contribution < -0.4 is 5.32 Å². The number of halogens is 2. The summed E-state index contributed by atoms with van der Waals surface area (Å²) in [5.41, 5.74) is 1.21. The van der Waals surface area contributed by atoms with Crippen LogP contribution >= 0.6 is 0 Å². The zero-order valence-corrected chi connectivity index (χ0v) is 14.3. The van der Waals surface area contributed by atoms with E-state index in [9.17, 15) is 13.9 Å². The van der Waals surface area contributed by atoms with Crippen LogP contribution in [0.5, 0.6) is 0 Å². The van der Waals surface area contributed by atoms with Gasteiger partial charge in [0, 0.05) is 25.4 Å². The van der Waals surface area contributed by atoms with Crippen LogP contribution in [0.3, 0.4) is 0 Å². The molecular formula is C18H24F2N2O2. The first-order chi connectivity index (χ1) is 11.3. The molecule has 2 aromatic rings. The molecule has 1 heterocycles. The number of nitrogens with one attached hydrogen (secondary N) is 1. The highest BCUT2D eigenvalue weighted by molar-refractivity contribution is 5.78. The number of aromatic nitrogens is 1. The number of oxazole rings is 1. The number of nitrogens with zero attached hydrogens (tertiary/aromatic N) is 1. The van der Waals surface area contributed by atoms with Crippen LogP contribution in [0.25, 0.3) is 11.1 Å². The highest BCUT2D eigenvalue weighted by Crippen LogP contribution is 2.35. The quantitative estimate of drug-likeness (QED) is 0.863. The monoisotopic (exact) mass is 338 g/mol. The maximum absolute atomic E-state index is 14.0. The molecule has 2 N–H and O–H groups in total.